The lowest BCUT2D eigenvalue weighted by Gasteiger charge is -2.38. The highest BCUT2D eigenvalue weighted by Gasteiger charge is 2.42. The molecule has 27 heavy (non-hydrogen) atoms. The minimum Gasteiger partial charge on any atom is -0.393 e. The van der Waals surface area contributed by atoms with Crippen LogP contribution >= 0.6 is 23.4 Å². The number of benzene rings is 2. The number of carbonyl (C=O) groups is 1. The van der Waals surface area contributed by atoms with Crippen molar-refractivity contribution in [1.29, 1.82) is 0 Å². The summed E-state index contributed by atoms with van der Waals surface area (Å²) >= 11 is 7.93. The van der Waals surface area contributed by atoms with E-state index >= 15 is 0 Å². The van der Waals surface area contributed by atoms with E-state index in [4.69, 9.17) is 11.6 Å². The molecule has 0 aliphatic carbocycles. The van der Waals surface area contributed by atoms with Gasteiger partial charge in [-0.05, 0) is 56.0 Å². The van der Waals surface area contributed by atoms with Gasteiger partial charge >= 0.3 is 0 Å². The standard InChI is InChI=1S/C21H21ClN2O2S/c22-13-5-8-20-18(9-13)24(17-3-1-2-4-19(17)27-20)21(26)12-23-14-6-7-15(23)11-16(25)10-14/h1-5,8-9,14-16,25H,6-7,10-12H2/t14-,15-/m0/s1. The van der Waals surface area contributed by atoms with Gasteiger partial charge in [-0.3, -0.25) is 14.6 Å². The van der Waals surface area contributed by atoms with E-state index in [1.165, 1.54) is 0 Å². The Labute approximate surface area is 168 Å². The Morgan fingerprint density at radius 2 is 1.78 bits per heavy atom. The third-order valence-electron chi connectivity index (χ3n) is 5.91. The summed E-state index contributed by atoms with van der Waals surface area (Å²) in [5.41, 5.74) is 1.78. The van der Waals surface area contributed by atoms with Crippen molar-refractivity contribution in [1.82, 2.24) is 4.90 Å². The molecule has 3 aliphatic rings. The highest BCUT2D eigenvalue weighted by molar-refractivity contribution is 7.99. The Morgan fingerprint density at radius 3 is 2.56 bits per heavy atom. The minimum absolute atomic E-state index is 0.0690. The van der Waals surface area contributed by atoms with Gasteiger partial charge in [0.25, 0.3) is 0 Å². The Bertz CT molecular complexity index is 892. The zero-order valence-corrected chi connectivity index (χ0v) is 16.4. The van der Waals surface area contributed by atoms with Crippen molar-refractivity contribution in [2.75, 3.05) is 11.4 Å². The largest absolute Gasteiger partial charge is 0.393 e. The smallest absolute Gasteiger partial charge is 0.245 e. The fourth-order valence-electron chi connectivity index (χ4n) is 4.73. The zero-order valence-electron chi connectivity index (χ0n) is 14.8. The van der Waals surface area contributed by atoms with Gasteiger partial charge in [0.05, 0.1) is 24.0 Å². The lowest BCUT2D eigenvalue weighted by Crippen LogP contribution is -2.49. The summed E-state index contributed by atoms with van der Waals surface area (Å²) in [4.78, 5) is 19.7. The summed E-state index contributed by atoms with van der Waals surface area (Å²) in [6, 6.07) is 14.4. The predicted molar refractivity (Wildman–Crippen MR) is 108 cm³/mol. The second-order valence-electron chi connectivity index (χ2n) is 7.59. The number of aliphatic hydroxyl groups is 1. The van der Waals surface area contributed by atoms with E-state index in [-0.39, 0.29) is 12.0 Å². The molecule has 140 valence electrons. The van der Waals surface area contributed by atoms with E-state index in [2.05, 4.69) is 11.0 Å². The lowest BCUT2D eigenvalue weighted by molar-refractivity contribution is -0.120. The van der Waals surface area contributed by atoms with E-state index < -0.39 is 0 Å². The Hall–Kier alpha value is -1.53. The summed E-state index contributed by atoms with van der Waals surface area (Å²) in [6.45, 7) is 0.382. The molecule has 0 spiro atoms. The second kappa shape index (κ2) is 6.82. The molecule has 1 amide bonds. The predicted octanol–water partition coefficient (Wildman–Crippen LogP) is 4.46. The maximum Gasteiger partial charge on any atom is 0.245 e. The van der Waals surface area contributed by atoms with E-state index in [0.29, 0.717) is 23.7 Å². The number of amides is 1. The van der Waals surface area contributed by atoms with Crippen LogP contribution in [0.25, 0.3) is 0 Å². The van der Waals surface area contributed by atoms with Crippen LogP contribution in [-0.2, 0) is 4.79 Å². The maximum atomic E-state index is 13.5. The number of piperidine rings is 1. The van der Waals surface area contributed by atoms with Gasteiger partial charge in [0, 0.05) is 26.9 Å². The van der Waals surface area contributed by atoms with Gasteiger partial charge in [0.2, 0.25) is 5.91 Å². The molecule has 0 aromatic heterocycles. The number of fused-ring (bicyclic) bond motifs is 4. The average molecular weight is 401 g/mol. The summed E-state index contributed by atoms with van der Waals surface area (Å²) in [5, 5.41) is 10.7. The van der Waals surface area contributed by atoms with Gasteiger partial charge in [-0.2, -0.15) is 0 Å². The topological polar surface area (TPSA) is 43.8 Å². The van der Waals surface area contributed by atoms with Crippen LogP contribution in [0.15, 0.2) is 52.3 Å². The second-order valence-corrected chi connectivity index (χ2v) is 9.11. The highest BCUT2D eigenvalue weighted by atomic mass is 35.5. The van der Waals surface area contributed by atoms with Crippen molar-refractivity contribution < 1.29 is 9.90 Å². The fourth-order valence-corrected chi connectivity index (χ4v) is 5.93. The number of halogens is 1. The highest BCUT2D eigenvalue weighted by Crippen LogP contribution is 2.49. The first-order valence-electron chi connectivity index (χ1n) is 9.43. The Balaban J connectivity index is 1.49. The first-order valence-corrected chi connectivity index (χ1v) is 10.6. The molecule has 4 nitrogen and oxygen atoms in total. The number of hydrogen-bond acceptors (Lipinski definition) is 4. The SMILES string of the molecule is O=C(CN1[C@H]2CC[C@H]1CC(O)C2)N1c2ccccc2Sc2ccc(Cl)cc21. The van der Waals surface area contributed by atoms with Crippen molar-refractivity contribution in [2.24, 2.45) is 0 Å². The monoisotopic (exact) mass is 400 g/mol. The molecule has 2 saturated heterocycles. The molecule has 3 aliphatic heterocycles. The number of hydrogen-bond donors (Lipinski definition) is 1. The number of para-hydroxylation sites is 1. The number of carbonyl (C=O) groups excluding carboxylic acids is 1. The third-order valence-corrected chi connectivity index (χ3v) is 7.28. The van der Waals surface area contributed by atoms with Crippen LogP contribution in [0.1, 0.15) is 25.7 Å². The lowest BCUT2D eigenvalue weighted by atomic mass is 10.00. The summed E-state index contributed by atoms with van der Waals surface area (Å²) in [6.07, 6.45) is 3.48. The van der Waals surface area contributed by atoms with Crippen LogP contribution in [0, 0.1) is 0 Å². The van der Waals surface area contributed by atoms with Crippen molar-refractivity contribution >= 4 is 40.6 Å². The molecule has 0 saturated carbocycles. The van der Waals surface area contributed by atoms with Crippen molar-refractivity contribution in [3.8, 4) is 0 Å². The van der Waals surface area contributed by atoms with Gasteiger partial charge in [0.1, 0.15) is 0 Å². The van der Waals surface area contributed by atoms with Gasteiger partial charge < -0.3 is 5.11 Å². The number of anilines is 2. The molecule has 2 fully saturated rings. The van der Waals surface area contributed by atoms with Crippen molar-refractivity contribution in [3.63, 3.8) is 0 Å². The molecule has 6 heteroatoms. The normalized spacial score (nSPS) is 26.6. The summed E-state index contributed by atoms with van der Waals surface area (Å²) < 4.78 is 0. The molecule has 2 aromatic rings. The third kappa shape index (κ3) is 3.07. The van der Waals surface area contributed by atoms with Crippen LogP contribution in [0.2, 0.25) is 5.02 Å². The Morgan fingerprint density at radius 1 is 1.07 bits per heavy atom. The van der Waals surface area contributed by atoms with E-state index in [1.54, 1.807) is 11.8 Å². The molecular formula is C21H21ClN2O2S. The molecule has 2 aromatic carbocycles. The quantitative estimate of drug-likeness (QED) is 0.808. The molecule has 1 N–H and O–H groups in total. The number of nitrogens with zero attached hydrogens (tertiary/aromatic N) is 2. The molecule has 2 atom stereocenters. The van der Waals surface area contributed by atoms with Crippen LogP contribution < -0.4 is 4.90 Å². The first kappa shape index (κ1) is 17.6. The van der Waals surface area contributed by atoms with Gasteiger partial charge in [-0.15, -0.1) is 0 Å². The van der Waals surface area contributed by atoms with Crippen molar-refractivity contribution in [2.45, 2.75) is 53.7 Å². The zero-order chi connectivity index (χ0) is 18.5. The number of rotatable bonds is 2. The minimum atomic E-state index is -0.222. The molecule has 3 heterocycles. The maximum absolute atomic E-state index is 13.5. The summed E-state index contributed by atoms with van der Waals surface area (Å²) in [5.74, 6) is 0.0690. The molecule has 0 radical (unpaired) electrons. The van der Waals surface area contributed by atoms with Crippen LogP contribution in [0.5, 0.6) is 0 Å². The fraction of sp³-hybridized carbons (Fsp3) is 0.381. The van der Waals surface area contributed by atoms with Crippen molar-refractivity contribution in [3.05, 3.63) is 47.5 Å². The summed E-state index contributed by atoms with van der Waals surface area (Å²) in [7, 11) is 0. The van der Waals surface area contributed by atoms with Gasteiger partial charge in [-0.25, -0.2) is 0 Å². The molecule has 2 bridgehead atoms. The first-order chi connectivity index (χ1) is 13.1. The molecular weight excluding hydrogens is 380 g/mol. The van der Waals surface area contributed by atoms with E-state index in [1.807, 2.05) is 41.3 Å². The average Bonchev–Trinajstić information content (AvgIpc) is 2.89. The van der Waals surface area contributed by atoms with Gasteiger partial charge in [-0.1, -0.05) is 35.5 Å². The molecule has 5 rings (SSSR count). The number of aliphatic hydroxyl groups excluding tert-OH is 1. The Kier molecular flexibility index (Phi) is 4.43. The van der Waals surface area contributed by atoms with Crippen LogP contribution in [0.3, 0.4) is 0 Å². The van der Waals surface area contributed by atoms with Crippen LogP contribution in [0.4, 0.5) is 11.4 Å². The molecule has 0 unspecified atom stereocenters. The van der Waals surface area contributed by atoms with Gasteiger partial charge in [0.15, 0.2) is 0 Å². The van der Waals surface area contributed by atoms with E-state index in [0.717, 1.165) is 46.8 Å². The van der Waals surface area contributed by atoms with Crippen LogP contribution in [-0.4, -0.2) is 40.6 Å². The van der Waals surface area contributed by atoms with E-state index in [9.17, 15) is 9.90 Å².